The number of thioether (sulfide) groups is 1. The van der Waals surface area contributed by atoms with E-state index < -0.39 is 95.9 Å². The Labute approximate surface area is 330 Å². The number of amides is 2. The number of anilines is 1. The number of carbonyl (C=O) groups is 4. The van der Waals surface area contributed by atoms with E-state index in [4.69, 9.17) is 32.7 Å². The number of alkyl halides is 1. The number of halogens is 2. The lowest BCUT2D eigenvalue weighted by Crippen LogP contribution is -2.45. The minimum absolute atomic E-state index is 0.0856. The standard InChI is InChI=1S/C34H47BrFN4O13PS/c1-19(27(41)47-11)38-54(46,53-21-14-12-20(35)13-15-21)48-18-22-25(49-31(45)52-34(8,9)10)24(36)26(55-22)39-17-16-23(37-28(39)42)40(29(43)50-32(2,3)4)30(44)51-33(5,6)7/h12-17,19,22,24-26H,18H2,1-11H3,(H,38,46)/t19?,22-,24+,25-,26-,54?/m1/s1. The number of benzene rings is 1. The maximum Gasteiger partial charge on any atom is 0.509 e. The Morgan fingerprint density at radius 1 is 0.964 bits per heavy atom. The van der Waals surface area contributed by atoms with Crippen molar-refractivity contribution in [2.75, 3.05) is 18.6 Å². The minimum Gasteiger partial charge on any atom is -0.468 e. The minimum atomic E-state index is -4.46. The van der Waals surface area contributed by atoms with Gasteiger partial charge in [-0.05, 0) is 99.6 Å². The fourth-order valence-electron chi connectivity index (χ4n) is 4.54. The summed E-state index contributed by atoms with van der Waals surface area (Å²) in [6.07, 6.45) is -6.29. The number of imide groups is 1. The molecule has 6 atom stereocenters. The van der Waals surface area contributed by atoms with Gasteiger partial charge in [0.15, 0.2) is 18.1 Å². The van der Waals surface area contributed by atoms with Crippen LogP contribution in [0.4, 0.5) is 24.6 Å². The van der Waals surface area contributed by atoms with Crippen LogP contribution in [0.1, 0.15) is 74.6 Å². The van der Waals surface area contributed by atoms with Crippen LogP contribution in [0.2, 0.25) is 0 Å². The summed E-state index contributed by atoms with van der Waals surface area (Å²) in [6.45, 7) is 14.9. The monoisotopic (exact) mass is 880 g/mol. The van der Waals surface area contributed by atoms with E-state index in [1.165, 1.54) is 19.1 Å². The maximum atomic E-state index is 16.5. The number of aromatic nitrogens is 2. The third-order valence-electron chi connectivity index (χ3n) is 6.71. The molecule has 2 aromatic rings. The lowest BCUT2D eigenvalue weighted by atomic mass is 10.1. The number of rotatable bonds is 11. The molecule has 55 heavy (non-hydrogen) atoms. The average Bonchev–Trinajstić information content (AvgIpc) is 3.32. The molecule has 0 bridgehead atoms. The van der Waals surface area contributed by atoms with E-state index in [-0.39, 0.29) is 5.75 Å². The van der Waals surface area contributed by atoms with Crippen LogP contribution in [-0.2, 0) is 37.6 Å². The van der Waals surface area contributed by atoms with Crippen LogP contribution in [0.15, 0.2) is 45.8 Å². The zero-order valence-electron chi connectivity index (χ0n) is 32.3. The first-order chi connectivity index (χ1) is 25.2. The quantitative estimate of drug-likeness (QED) is 0.134. The highest BCUT2D eigenvalue weighted by molar-refractivity contribution is 9.10. The maximum absolute atomic E-state index is 16.5. The SMILES string of the molecule is COC(=O)C(C)NP(=O)(OC[C@H]1S[C@@H](n2ccc(N(C(=O)OC(C)(C)C)C(=O)OC(C)(C)C)nc2=O)[C@@H](F)[C@@H]1OC(=O)OC(C)(C)C)Oc1ccc(Br)cc1. The van der Waals surface area contributed by atoms with Crippen molar-refractivity contribution in [2.24, 2.45) is 0 Å². The third kappa shape index (κ3) is 13.8. The molecule has 1 fully saturated rings. The summed E-state index contributed by atoms with van der Waals surface area (Å²) in [6, 6.07) is 6.09. The second-order valence-electron chi connectivity index (χ2n) is 15.0. The van der Waals surface area contributed by atoms with Crippen LogP contribution in [0, 0.1) is 0 Å². The Morgan fingerprint density at radius 3 is 2.00 bits per heavy atom. The number of hydrogen-bond acceptors (Lipinski definition) is 15. The van der Waals surface area contributed by atoms with E-state index in [1.807, 2.05) is 0 Å². The number of methoxy groups -OCH3 is 1. The molecule has 0 radical (unpaired) electrons. The molecule has 1 aliphatic heterocycles. The molecule has 2 unspecified atom stereocenters. The first kappa shape index (κ1) is 45.7. The van der Waals surface area contributed by atoms with Gasteiger partial charge in [-0.2, -0.15) is 15.0 Å². The third-order valence-corrected chi connectivity index (χ3v) is 10.4. The molecule has 3 rings (SSSR count). The van der Waals surface area contributed by atoms with Gasteiger partial charge in [-0.3, -0.25) is 13.9 Å². The Hall–Kier alpha value is -3.71. The molecule has 2 amide bonds. The van der Waals surface area contributed by atoms with Crippen LogP contribution in [-0.4, -0.2) is 87.9 Å². The fourth-order valence-corrected chi connectivity index (χ4v) is 7.88. The lowest BCUT2D eigenvalue weighted by Gasteiger charge is -2.28. The van der Waals surface area contributed by atoms with Crippen LogP contribution in [0.25, 0.3) is 0 Å². The molecule has 1 N–H and O–H groups in total. The summed E-state index contributed by atoms with van der Waals surface area (Å²) in [5.41, 5.74) is -4.22. The number of carbonyl (C=O) groups excluding carboxylic acids is 4. The molecule has 0 aliphatic carbocycles. The Morgan fingerprint density at radius 2 is 1.51 bits per heavy atom. The van der Waals surface area contributed by atoms with Crippen molar-refractivity contribution in [2.45, 2.75) is 115 Å². The van der Waals surface area contributed by atoms with Crippen molar-refractivity contribution in [1.82, 2.24) is 14.6 Å². The molecular formula is C34H47BrFN4O13PS. The van der Waals surface area contributed by atoms with E-state index in [9.17, 15) is 28.5 Å². The second-order valence-corrected chi connectivity index (χ2v) is 19.0. The predicted molar refractivity (Wildman–Crippen MR) is 203 cm³/mol. The van der Waals surface area contributed by atoms with E-state index in [2.05, 4.69) is 26.0 Å². The van der Waals surface area contributed by atoms with Gasteiger partial charge < -0.3 is 28.2 Å². The molecule has 17 nitrogen and oxygen atoms in total. The smallest absolute Gasteiger partial charge is 0.468 e. The molecule has 21 heteroatoms. The summed E-state index contributed by atoms with van der Waals surface area (Å²) >= 11 is 4.06. The molecular weight excluding hydrogens is 834 g/mol. The Bertz CT molecular complexity index is 1790. The predicted octanol–water partition coefficient (Wildman–Crippen LogP) is 7.31. The van der Waals surface area contributed by atoms with Gasteiger partial charge >= 0.3 is 37.7 Å². The van der Waals surface area contributed by atoms with Gasteiger partial charge in [-0.25, -0.2) is 28.1 Å². The van der Waals surface area contributed by atoms with E-state index in [1.54, 1.807) is 74.4 Å². The summed E-state index contributed by atoms with van der Waals surface area (Å²) in [4.78, 5) is 69.1. The van der Waals surface area contributed by atoms with Gasteiger partial charge in [-0.1, -0.05) is 15.9 Å². The van der Waals surface area contributed by atoms with Crippen LogP contribution >= 0.6 is 35.4 Å². The highest BCUT2D eigenvalue weighted by atomic mass is 79.9. The molecule has 2 heterocycles. The zero-order valence-corrected chi connectivity index (χ0v) is 35.6. The molecule has 1 aromatic carbocycles. The fraction of sp³-hybridized carbons (Fsp3) is 0.588. The van der Waals surface area contributed by atoms with Gasteiger partial charge in [0.1, 0.15) is 34.0 Å². The van der Waals surface area contributed by atoms with Crippen molar-refractivity contribution in [3.8, 4) is 5.75 Å². The number of esters is 1. The van der Waals surface area contributed by atoms with Gasteiger partial charge in [-0.15, -0.1) is 11.8 Å². The van der Waals surface area contributed by atoms with Crippen molar-refractivity contribution in [1.29, 1.82) is 0 Å². The molecule has 0 spiro atoms. The number of hydrogen-bond donors (Lipinski definition) is 1. The topological polar surface area (TPSA) is 200 Å². The highest BCUT2D eigenvalue weighted by Gasteiger charge is 2.50. The van der Waals surface area contributed by atoms with E-state index in [0.29, 0.717) is 9.37 Å². The molecule has 0 saturated carbocycles. The van der Waals surface area contributed by atoms with Gasteiger partial charge in [0.05, 0.1) is 19.0 Å². The van der Waals surface area contributed by atoms with Crippen molar-refractivity contribution in [3.05, 3.63) is 51.5 Å². The Balaban J connectivity index is 2.00. The normalized spacial score (nSPS) is 20.4. The molecule has 1 saturated heterocycles. The van der Waals surface area contributed by atoms with Crippen LogP contribution in [0.5, 0.6) is 5.75 Å². The van der Waals surface area contributed by atoms with Gasteiger partial charge in [0, 0.05) is 10.7 Å². The summed E-state index contributed by atoms with van der Waals surface area (Å²) in [7, 11) is -3.33. The molecule has 1 aliphatic rings. The average molecular weight is 882 g/mol. The Kier molecular flexibility index (Phi) is 15.0. The van der Waals surface area contributed by atoms with Crippen LogP contribution in [0.3, 0.4) is 0 Å². The summed E-state index contributed by atoms with van der Waals surface area (Å²) in [5, 5.41) is -0.126. The van der Waals surface area contributed by atoms with E-state index >= 15 is 4.39 Å². The number of ether oxygens (including phenoxy) is 5. The van der Waals surface area contributed by atoms with E-state index in [0.717, 1.165) is 35.7 Å². The molecule has 1 aromatic heterocycles. The van der Waals surface area contributed by atoms with Gasteiger partial charge in [0.25, 0.3) is 0 Å². The summed E-state index contributed by atoms with van der Waals surface area (Å²) in [5.74, 6) is -1.18. The first-order valence-electron chi connectivity index (χ1n) is 16.8. The number of nitrogens with one attached hydrogen (secondary N) is 1. The van der Waals surface area contributed by atoms with Crippen molar-refractivity contribution < 1.29 is 60.9 Å². The number of nitrogens with zero attached hydrogens (tertiary/aromatic N) is 3. The van der Waals surface area contributed by atoms with Crippen LogP contribution < -0.4 is 20.2 Å². The highest BCUT2D eigenvalue weighted by Crippen LogP contribution is 2.50. The second kappa shape index (κ2) is 18.0. The lowest BCUT2D eigenvalue weighted by molar-refractivity contribution is -0.142. The largest absolute Gasteiger partial charge is 0.509 e. The molecule has 306 valence electrons. The van der Waals surface area contributed by atoms with Crippen molar-refractivity contribution in [3.63, 3.8) is 0 Å². The van der Waals surface area contributed by atoms with Crippen molar-refractivity contribution >= 4 is 65.6 Å². The summed E-state index contributed by atoms with van der Waals surface area (Å²) < 4.78 is 69.6. The van der Waals surface area contributed by atoms with Gasteiger partial charge in [0.2, 0.25) is 0 Å². The zero-order chi connectivity index (χ0) is 41.7. The first-order valence-corrected chi connectivity index (χ1v) is 20.1.